The Morgan fingerprint density at radius 3 is 2.64 bits per heavy atom. The van der Waals surface area contributed by atoms with Gasteiger partial charge in [-0.25, -0.2) is 4.98 Å². The summed E-state index contributed by atoms with van der Waals surface area (Å²) in [4.78, 5) is 37.7. The van der Waals surface area contributed by atoms with Crippen molar-refractivity contribution in [3.63, 3.8) is 0 Å². The summed E-state index contributed by atoms with van der Waals surface area (Å²) in [6.45, 7) is 4.66. The molecule has 1 amide bonds. The molecule has 3 aromatic heterocycles. The average Bonchev–Trinajstić information content (AvgIpc) is 3.47. The van der Waals surface area contributed by atoms with Crippen LogP contribution in [0.2, 0.25) is 0 Å². The topological polar surface area (TPSA) is 67.7 Å². The highest BCUT2D eigenvalue weighted by Gasteiger charge is 2.24. The maximum atomic E-state index is 13.3. The van der Waals surface area contributed by atoms with E-state index in [-0.39, 0.29) is 18.0 Å². The Bertz CT molecular complexity index is 1370. The summed E-state index contributed by atoms with van der Waals surface area (Å²) in [5.41, 5.74) is 1.77. The Hall–Kier alpha value is -3.17. The van der Waals surface area contributed by atoms with Crippen molar-refractivity contribution in [2.75, 3.05) is 38.2 Å². The third-order valence-corrected chi connectivity index (χ3v) is 7.85. The van der Waals surface area contributed by atoms with Crippen molar-refractivity contribution >= 4 is 44.5 Å². The summed E-state index contributed by atoms with van der Waals surface area (Å²) in [6, 6.07) is 12.0. The predicted octanol–water partition coefficient (Wildman–Crippen LogP) is 3.85. The molecule has 0 atom stereocenters. The first-order valence-corrected chi connectivity index (χ1v) is 12.4. The Balaban J connectivity index is 1.32. The fraction of sp³-hybridized carbons (Fsp3) is 0.292. The molecule has 1 aromatic carbocycles. The molecule has 0 spiro atoms. The first kappa shape index (κ1) is 21.7. The van der Waals surface area contributed by atoms with Crippen LogP contribution in [0.1, 0.15) is 4.88 Å². The summed E-state index contributed by atoms with van der Waals surface area (Å²) >= 11 is 3.11. The SMILES string of the molecule is COc1ccccc1N1CCN(C(=O)Cn2cnc3scc(-c4ccc(C)s4)c3c2=O)CC1. The van der Waals surface area contributed by atoms with Gasteiger partial charge in [-0.15, -0.1) is 22.7 Å². The van der Waals surface area contributed by atoms with E-state index in [0.29, 0.717) is 36.4 Å². The molecule has 0 radical (unpaired) electrons. The number of carbonyl (C=O) groups is 1. The normalized spacial score (nSPS) is 14.1. The molecule has 1 aliphatic heterocycles. The molecule has 7 nitrogen and oxygen atoms in total. The number of benzene rings is 1. The number of amides is 1. The molecule has 170 valence electrons. The predicted molar refractivity (Wildman–Crippen MR) is 134 cm³/mol. The number of aryl methyl sites for hydroxylation is 1. The molecule has 0 bridgehead atoms. The van der Waals surface area contributed by atoms with E-state index in [1.165, 1.54) is 27.1 Å². The molecule has 33 heavy (non-hydrogen) atoms. The lowest BCUT2D eigenvalue weighted by Crippen LogP contribution is -2.50. The van der Waals surface area contributed by atoms with Crippen LogP contribution in [0.4, 0.5) is 5.69 Å². The number of piperazine rings is 1. The summed E-state index contributed by atoms with van der Waals surface area (Å²) in [5.74, 6) is 0.761. The van der Waals surface area contributed by atoms with E-state index in [1.807, 2.05) is 53.6 Å². The van der Waals surface area contributed by atoms with Crippen LogP contribution in [0.3, 0.4) is 0 Å². The maximum Gasteiger partial charge on any atom is 0.263 e. The fourth-order valence-corrected chi connectivity index (χ4v) is 6.04. The minimum absolute atomic E-state index is 0.00478. The zero-order valence-electron chi connectivity index (χ0n) is 18.5. The number of hydrogen-bond acceptors (Lipinski definition) is 7. The lowest BCUT2D eigenvalue weighted by molar-refractivity contribution is -0.132. The average molecular weight is 481 g/mol. The lowest BCUT2D eigenvalue weighted by atomic mass is 10.2. The summed E-state index contributed by atoms with van der Waals surface area (Å²) in [5, 5.41) is 2.58. The number of methoxy groups -OCH3 is 1. The second kappa shape index (κ2) is 8.99. The highest BCUT2D eigenvalue weighted by molar-refractivity contribution is 7.19. The van der Waals surface area contributed by atoms with Gasteiger partial charge in [0.25, 0.3) is 5.56 Å². The van der Waals surface area contributed by atoms with E-state index in [2.05, 4.69) is 9.88 Å². The van der Waals surface area contributed by atoms with E-state index in [9.17, 15) is 9.59 Å². The van der Waals surface area contributed by atoms with Gasteiger partial charge in [-0.1, -0.05) is 12.1 Å². The number of thiophene rings is 2. The van der Waals surface area contributed by atoms with Crippen LogP contribution in [-0.4, -0.2) is 53.6 Å². The van der Waals surface area contributed by atoms with Crippen molar-refractivity contribution in [3.8, 4) is 16.2 Å². The number of ether oxygens (including phenoxy) is 1. The second-order valence-electron chi connectivity index (χ2n) is 7.96. The van der Waals surface area contributed by atoms with Crippen molar-refractivity contribution in [2.24, 2.45) is 0 Å². The number of anilines is 1. The molecule has 4 aromatic rings. The van der Waals surface area contributed by atoms with Crippen LogP contribution < -0.4 is 15.2 Å². The second-order valence-corrected chi connectivity index (χ2v) is 10.1. The van der Waals surface area contributed by atoms with Crippen molar-refractivity contribution in [1.82, 2.24) is 14.5 Å². The highest BCUT2D eigenvalue weighted by Crippen LogP contribution is 2.35. The van der Waals surface area contributed by atoms with E-state index >= 15 is 0 Å². The van der Waals surface area contributed by atoms with Crippen molar-refractivity contribution < 1.29 is 9.53 Å². The minimum atomic E-state index is -0.164. The molecule has 0 aliphatic carbocycles. The molecule has 5 rings (SSSR count). The summed E-state index contributed by atoms with van der Waals surface area (Å²) in [7, 11) is 1.67. The van der Waals surface area contributed by atoms with E-state index in [4.69, 9.17) is 4.74 Å². The van der Waals surface area contributed by atoms with Crippen LogP contribution in [0.25, 0.3) is 20.7 Å². The van der Waals surface area contributed by atoms with Gasteiger partial charge in [0.15, 0.2) is 0 Å². The number of rotatable bonds is 5. The number of nitrogens with zero attached hydrogens (tertiary/aromatic N) is 4. The van der Waals surface area contributed by atoms with Crippen LogP contribution >= 0.6 is 22.7 Å². The third kappa shape index (κ3) is 4.14. The van der Waals surface area contributed by atoms with E-state index < -0.39 is 0 Å². The van der Waals surface area contributed by atoms with Crippen molar-refractivity contribution in [1.29, 1.82) is 0 Å². The Kier molecular flexibility index (Phi) is 5.90. The summed E-state index contributed by atoms with van der Waals surface area (Å²) in [6.07, 6.45) is 1.49. The summed E-state index contributed by atoms with van der Waals surface area (Å²) < 4.78 is 6.91. The number of aromatic nitrogens is 2. The number of fused-ring (bicyclic) bond motifs is 1. The van der Waals surface area contributed by atoms with Gasteiger partial charge in [0, 0.05) is 46.9 Å². The molecule has 0 saturated carbocycles. The van der Waals surface area contributed by atoms with Crippen molar-refractivity contribution in [2.45, 2.75) is 13.5 Å². The Labute approximate surface area is 199 Å². The van der Waals surface area contributed by atoms with Crippen LogP contribution in [0, 0.1) is 6.92 Å². The third-order valence-electron chi connectivity index (χ3n) is 5.93. The standard InChI is InChI=1S/C24H24N4O3S2/c1-16-7-8-20(33-16)17-14-32-23-22(17)24(30)28(15-25-23)13-21(29)27-11-9-26(10-12-27)18-5-3-4-6-19(18)31-2/h3-8,14-15H,9-13H2,1-2H3. The molecule has 1 aliphatic rings. The minimum Gasteiger partial charge on any atom is -0.495 e. The van der Waals surface area contributed by atoms with E-state index in [1.54, 1.807) is 18.4 Å². The number of carbonyl (C=O) groups excluding carboxylic acids is 1. The van der Waals surface area contributed by atoms with Gasteiger partial charge in [-0.2, -0.15) is 0 Å². The van der Waals surface area contributed by atoms with E-state index in [0.717, 1.165) is 21.9 Å². The first-order valence-electron chi connectivity index (χ1n) is 10.7. The Morgan fingerprint density at radius 2 is 1.91 bits per heavy atom. The van der Waals surface area contributed by atoms with Crippen molar-refractivity contribution in [3.05, 3.63) is 63.3 Å². The van der Waals surface area contributed by atoms with Crippen LogP contribution in [0.15, 0.2) is 52.9 Å². The molecule has 0 N–H and O–H groups in total. The van der Waals surface area contributed by atoms with Gasteiger partial charge >= 0.3 is 0 Å². The quantitative estimate of drug-likeness (QED) is 0.434. The van der Waals surface area contributed by atoms with Gasteiger partial charge in [-0.3, -0.25) is 14.2 Å². The monoisotopic (exact) mass is 480 g/mol. The molecule has 1 saturated heterocycles. The molecular formula is C24H24N4O3S2. The molecule has 0 unspecified atom stereocenters. The van der Waals surface area contributed by atoms with Crippen LogP contribution in [0.5, 0.6) is 5.75 Å². The number of hydrogen-bond donors (Lipinski definition) is 0. The van der Waals surface area contributed by atoms with Gasteiger partial charge in [0.05, 0.1) is 24.5 Å². The van der Waals surface area contributed by atoms with Gasteiger partial charge in [-0.05, 0) is 31.2 Å². The molecule has 9 heteroatoms. The zero-order chi connectivity index (χ0) is 22.9. The molecular weight excluding hydrogens is 456 g/mol. The first-order chi connectivity index (χ1) is 16.0. The van der Waals surface area contributed by atoms with Crippen LogP contribution in [-0.2, 0) is 11.3 Å². The highest BCUT2D eigenvalue weighted by atomic mass is 32.1. The number of para-hydroxylation sites is 2. The Morgan fingerprint density at radius 1 is 1.12 bits per heavy atom. The zero-order valence-corrected chi connectivity index (χ0v) is 20.1. The fourth-order valence-electron chi connectivity index (χ4n) is 4.17. The van der Waals surface area contributed by atoms with Gasteiger partial charge in [0.1, 0.15) is 17.1 Å². The molecule has 4 heterocycles. The van der Waals surface area contributed by atoms with Gasteiger partial charge in [0.2, 0.25) is 5.91 Å². The smallest absolute Gasteiger partial charge is 0.263 e. The molecule has 1 fully saturated rings. The maximum absolute atomic E-state index is 13.3. The largest absolute Gasteiger partial charge is 0.495 e. The van der Waals surface area contributed by atoms with Gasteiger partial charge < -0.3 is 14.5 Å². The lowest BCUT2D eigenvalue weighted by Gasteiger charge is -2.36.